The van der Waals surface area contributed by atoms with E-state index >= 15 is 0 Å². The molecule has 1 amide bonds. The Hall–Kier alpha value is -3.39. The number of aryl methyl sites for hydroxylation is 1. The molecule has 0 saturated carbocycles. The lowest BCUT2D eigenvalue weighted by Gasteiger charge is -2.36. The number of ether oxygens (including phenoxy) is 1. The number of fused-ring (bicyclic) bond motifs is 1. The Morgan fingerprint density at radius 1 is 1.16 bits per heavy atom. The van der Waals surface area contributed by atoms with E-state index in [9.17, 15) is 9.59 Å². The van der Waals surface area contributed by atoms with E-state index in [1.165, 1.54) is 18.9 Å². The first-order chi connectivity index (χ1) is 15.5. The molecule has 0 radical (unpaired) electrons. The monoisotopic (exact) mass is 448 g/mol. The van der Waals surface area contributed by atoms with Crippen molar-refractivity contribution >= 4 is 28.8 Å². The van der Waals surface area contributed by atoms with E-state index < -0.39 is 12.0 Å². The molecule has 1 aromatic heterocycles. The van der Waals surface area contributed by atoms with Gasteiger partial charge in [-0.15, -0.1) is 0 Å². The number of carbonyl (C=O) groups excluding carboxylic acids is 2. The highest BCUT2D eigenvalue weighted by Crippen LogP contribution is 2.44. The van der Waals surface area contributed by atoms with Crippen LogP contribution in [0.25, 0.3) is 0 Å². The second-order valence-corrected chi connectivity index (χ2v) is 8.41. The van der Waals surface area contributed by atoms with E-state index in [1.54, 1.807) is 6.20 Å². The van der Waals surface area contributed by atoms with Crippen LogP contribution in [-0.4, -0.2) is 34.0 Å². The summed E-state index contributed by atoms with van der Waals surface area (Å²) in [6.45, 7) is 4.19. The fraction of sp³-hybridized carbons (Fsp3) is 0.250. The van der Waals surface area contributed by atoms with Crippen molar-refractivity contribution in [3.63, 3.8) is 0 Å². The summed E-state index contributed by atoms with van der Waals surface area (Å²) in [7, 11) is 1.37. The molecule has 0 aliphatic carbocycles. The van der Waals surface area contributed by atoms with Gasteiger partial charge in [0.05, 0.1) is 43.1 Å². The van der Waals surface area contributed by atoms with E-state index in [0.29, 0.717) is 17.8 Å². The Morgan fingerprint density at radius 2 is 1.94 bits per heavy atom. The number of pyridine rings is 1. The van der Waals surface area contributed by atoms with Crippen LogP contribution in [0.1, 0.15) is 36.2 Å². The SMILES string of the molecule is COC(=O)C1=C(C)N=C2SC=C(CC(=O)NCc3ccccn3)N2C1c1ccc(C)cc1. The van der Waals surface area contributed by atoms with Crippen molar-refractivity contribution in [2.24, 2.45) is 4.99 Å². The number of allylic oxidation sites excluding steroid dienone is 1. The molecule has 1 N–H and O–H groups in total. The fourth-order valence-electron chi connectivity index (χ4n) is 3.72. The van der Waals surface area contributed by atoms with Gasteiger partial charge in [-0.1, -0.05) is 47.7 Å². The van der Waals surface area contributed by atoms with E-state index in [2.05, 4.69) is 15.3 Å². The predicted octanol–water partition coefficient (Wildman–Crippen LogP) is 3.84. The number of methoxy groups -OCH3 is 1. The predicted molar refractivity (Wildman–Crippen MR) is 124 cm³/mol. The number of aliphatic imine (C=N–C) groups is 1. The molecule has 0 saturated heterocycles. The van der Waals surface area contributed by atoms with Crippen molar-refractivity contribution in [3.05, 3.63) is 87.9 Å². The zero-order valence-electron chi connectivity index (χ0n) is 18.2. The van der Waals surface area contributed by atoms with Crippen LogP contribution in [0.15, 0.2) is 76.0 Å². The summed E-state index contributed by atoms with van der Waals surface area (Å²) < 4.78 is 5.08. The van der Waals surface area contributed by atoms with Crippen LogP contribution < -0.4 is 5.32 Å². The molecular weight excluding hydrogens is 424 g/mol. The topological polar surface area (TPSA) is 83.9 Å². The van der Waals surface area contributed by atoms with E-state index in [-0.39, 0.29) is 12.3 Å². The molecule has 4 rings (SSSR count). The molecule has 1 aromatic carbocycles. The highest BCUT2D eigenvalue weighted by Gasteiger charge is 2.40. The Balaban J connectivity index is 1.60. The summed E-state index contributed by atoms with van der Waals surface area (Å²) in [6.07, 6.45) is 1.86. The molecule has 2 aromatic rings. The highest BCUT2D eigenvalue weighted by atomic mass is 32.2. The summed E-state index contributed by atoms with van der Waals surface area (Å²) in [5, 5.41) is 5.58. The van der Waals surface area contributed by atoms with Crippen molar-refractivity contribution in [2.45, 2.75) is 32.9 Å². The Morgan fingerprint density at radius 3 is 2.62 bits per heavy atom. The van der Waals surface area contributed by atoms with Gasteiger partial charge in [0.25, 0.3) is 0 Å². The Bertz CT molecular complexity index is 1120. The lowest BCUT2D eigenvalue weighted by molar-refractivity contribution is -0.136. The smallest absolute Gasteiger partial charge is 0.338 e. The number of amides is 1. The molecule has 1 unspecified atom stereocenters. The maximum absolute atomic E-state index is 12.7. The van der Waals surface area contributed by atoms with Crippen molar-refractivity contribution < 1.29 is 14.3 Å². The Kier molecular flexibility index (Phi) is 6.41. The summed E-state index contributed by atoms with van der Waals surface area (Å²) in [4.78, 5) is 36.3. The molecule has 0 bridgehead atoms. The van der Waals surface area contributed by atoms with E-state index in [0.717, 1.165) is 27.7 Å². The molecule has 7 nitrogen and oxygen atoms in total. The standard InChI is InChI=1S/C24H24N4O3S/c1-15-7-9-17(10-8-15)22-21(23(30)31-3)16(2)27-24-28(22)19(14-32-24)12-20(29)26-13-18-6-4-5-11-25-18/h4-11,14,22H,12-13H2,1-3H3,(H,26,29). The number of hydrogen-bond acceptors (Lipinski definition) is 7. The van der Waals surface area contributed by atoms with Crippen LogP contribution in [0.2, 0.25) is 0 Å². The van der Waals surface area contributed by atoms with Crippen LogP contribution in [0.4, 0.5) is 0 Å². The van der Waals surface area contributed by atoms with Crippen molar-refractivity contribution in [2.75, 3.05) is 7.11 Å². The highest BCUT2D eigenvalue weighted by molar-refractivity contribution is 8.16. The average molecular weight is 449 g/mol. The van der Waals surface area contributed by atoms with Gasteiger partial charge in [-0.05, 0) is 37.0 Å². The van der Waals surface area contributed by atoms with E-state index in [1.807, 2.05) is 66.6 Å². The minimum atomic E-state index is -0.424. The number of rotatable bonds is 6. The Labute approximate surface area is 191 Å². The van der Waals surface area contributed by atoms with Gasteiger partial charge < -0.3 is 15.0 Å². The van der Waals surface area contributed by atoms with Gasteiger partial charge in [-0.25, -0.2) is 9.79 Å². The van der Waals surface area contributed by atoms with Gasteiger partial charge in [0.15, 0.2) is 5.17 Å². The van der Waals surface area contributed by atoms with Crippen molar-refractivity contribution in [1.82, 2.24) is 15.2 Å². The quantitative estimate of drug-likeness (QED) is 0.676. The van der Waals surface area contributed by atoms with Crippen molar-refractivity contribution in [3.8, 4) is 0 Å². The third kappa shape index (κ3) is 4.45. The number of hydrogen-bond donors (Lipinski definition) is 1. The lowest BCUT2D eigenvalue weighted by Crippen LogP contribution is -2.37. The summed E-state index contributed by atoms with van der Waals surface area (Å²) >= 11 is 1.45. The number of aromatic nitrogens is 1. The molecule has 2 aliphatic heterocycles. The van der Waals surface area contributed by atoms with Crippen LogP contribution in [0.5, 0.6) is 0 Å². The number of nitrogens with zero attached hydrogens (tertiary/aromatic N) is 3. The zero-order chi connectivity index (χ0) is 22.7. The van der Waals surface area contributed by atoms with Gasteiger partial charge in [0, 0.05) is 11.9 Å². The summed E-state index contributed by atoms with van der Waals surface area (Å²) in [6, 6.07) is 13.2. The van der Waals surface area contributed by atoms with Crippen LogP contribution in [0, 0.1) is 6.92 Å². The van der Waals surface area contributed by atoms with Gasteiger partial charge >= 0.3 is 5.97 Å². The normalized spacial score (nSPS) is 17.5. The molecule has 0 fully saturated rings. The average Bonchev–Trinajstić information content (AvgIpc) is 3.19. The molecule has 2 aliphatic rings. The number of carbonyl (C=O) groups is 2. The minimum absolute atomic E-state index is 0.127. The number of amidine groups is 1. The lowest BCUT2D eigenvalue weighted by atomic mass is 9.93. The second-order valence-electron chi connectivity index (χ2n) is 7.57. The van der Waals surface area contributed by atoms with Gasteiger partial charge in [0.2, 0.25) is 5.91 Å². The summed E-state index contributed by atoms with van der Waals surface area (Å²) in [5.74, 6) is -0.552. The first kappa shape index (κ1) is 21.8. The van der Waals surface area contributed by atoms with Gasteiger partial charge in [-0.3, -0.25) is 9.78 Å². The second kappa shape index (κ2) is 9.40. The van der Waals surface area contributed by atoms with Crippen LogP contribution in [0.3, 0.4) is 0 Å². The number of benzene rings is 1. The molecule has 3 heterocycles. The van der Waals surface area contributed by atoms with Crippen LogP contribution >= 0.6 is 11.8 Å². The van der Waals surface area contributed by atoms with Crippen molar-refractivity contribution in [1.29, 1.82) is 0 Å². The fourth-order valence-corrected chi connectivity index (χ4v) is 4.69. The maximum Gasteiger partial charge on any atom is 0.338 e. The molecule has 32 heavy (non-hydrogen) atoms. The molecule has 8 heteroatoms. The zero-order valence-corrected chi connectivity index (χ0v) is 19.0. The minimum Gasteiger partial charge on any atom is -0.466 e. The third-order valence-corrected chi connectivity index (χ3v) is 6.22. The molecule has 164 valence electrons. The number of esters is 1. The van der Waals surface area contributed by atoms with Gasteiger partial charge in [-0.2, -0.15) is 0 Å². The molecule has 1 atom stereocenters. The third-order valence-electron chi connectivity index (χ3n) is 5.33. The number of thioether (sulfide) groups is 1. The summed E-state index contributed by atoms with van der Waals surface area (Å²) in [5.41, 5.74) is 4.73. The molecular formula is C24H24N4O3S. The van der Waals surface area contributed by atoms with Crippen LogP contribution in [-0.2, 0) is 20.9 Å². The largest absolute Gasteiger partial charge is 0.466 e. The first-order valence-electron chi connectivity index (χ1n) is 10.2. The molecule has 0 spiro atoms. The van der Waals surface area contributed by atoms with Gasteiger partial charge in [0.1, 0.15) is 0 Å². The first-order valence-corrected chi connectivity index (χ1v) is 11.1. The number of nitrogens with one attached hydrogen (secondary N) is 1. The maximum atomic E-state index is 12.7. The van der Waals surface area contributed by atoms with E-state index in [4.69, 9.17) is 4.74 Å².